The van der Waals surface area contributed by atoms with E-state index in [1.807, 2.05) is 32.0 Å². The number of carbonyl (C=O) groups is 3. The normalized spacial score (nSPS) is 26.4. The summed E-state index contributed by atoms with van der Waals surface area (Å²) in [6, 6.07) is 10.9. The van der Waals surface area contributed by atoms with Crippen molar-refractivity contribution < 1.29 is 19.5 Å². The molecule has 202 valence electrons. The van der Waals surface area contributed by atoms with Gasteiger partial charge in [0.15, 0.2) is 0 Å². The molecule has 0 spiro atoms. The van der Waals surface area contributed by atoms with Crippen LogP contribution in [0.15, 0.2) is 42.5 Å². The first-order chi connectivity index (χ1) is 18.1. The highest BCUT2D eigenvalue weighted by Crippen LogP contribution is 2.50. The van der Waals surface area contributed by atoms with Crippen molar-refractivity contribution in [1.29, 1.82) is 0 Å². The summed E-state index contributed by atoms with van der Waals surface area (Å²) in [5.74, 6) is -0.606. The molecule has 0 radical (unpaired) electrons. The molecule has 2 aromatic carbocycles. The number of benzene rings is 2. The van der Waals surface area contributed by atoms with Crippen LogP contribution in [0.4, 0.5) is 0 Å². The maximum absolute atomic E-state index is 14.2. The quantitative estimate of drug-likeness (QED) is 0.487. The van der Waals surface area contributed by atoms with Crippen LogP contribution in [0.1, 0.15) is 74.4 Å². The van der Waals surface area contributed by atoms with Crippen LogP contribution in [0.25, 0.3) is 0 Å². The van der Waals surface area contributed by atoms with Crippen molar-refractivity contribution in [1.82, 2.24) is 20.9 Å². The molecule has 8 heteroatoms. The van der Waals surface area contributed by atoms with Gasteiger partial charge in [-0.1, -0.05) is 44.2 Å². The van der Waals surface area contributed by atoms with Crippen LogP contribution < -0.4 is 16.0 Å². The molecule has 5 rings (SSSR count). The Morgan fingerprint density at radius 2 is 1.82 bits per heavy atom. The molecule has 3 amide bonds. The van der Waals surface area contributed by atoms with E-state index in [0.29, 0.717) is 6.42 Å². The molecule has 0 bridgehead atoms. The van der Waals surface area contributed by atoms with E-state index in [4.69, 9.17) is 0 Å². The number of aromatic hydroxyl groups is 1. The first-order valence-corrected chi connectivity index (χ1v) is 13.6. The van der Waals surface area contributed by atoms with E-state index in [2.05, 4.69) is 28.1 Å². The zero-order valence-corrected chi connectivity index (χ0v) is 22.6. The number of phenolic OH excluding ortho intramolecular Hbond substituents is 1. The molecule has 1 aliphatic carbocycles. The van der Waals surface area contributed by atoms with Crippen LogP contribution in [-0.4, -0.2) is 52.9 Å². The maximum atomic E-state index is 14.2. The standard InChI is InChI=1S/C30H38N4O4/c1-17(31-4)27(36)33-24-15-19-14-20(35)12-13-22(19)25-16-30(2,3)26(34(25)29(24)38)28(37)32-23-11-7-9-18-8-5-6-10-21(18)23/h5-6,8,10,12-14,17,23-26,31,35H,7,9,11,15-16H2,1-4H3,(H,32,37)(H,33,36)/t17-,23+,24-,25?,26?/m0/s1. The molecule has 3 aliphatic rings. The third-order valence-corrected chi connectivity index (χ3v) is 8.61. The van der Waals surface area contributed by atoms with Crippen LogP contribution >= 0.6 is 0 Å². The van der Waals surface area contributed by atoms with Crippen molar-refractivity contribution in [3.8, 4) is 5.75 Å². The van der Waals surface area contributed by atoms with Gasteiger partial charge in [-0.15, -0.1) is 0 Å². The number of hydrogen-bond donors (Lipinski definition) is 4. The van der Waals surface area contributed by atoms with Crippen LogP contribution in [0.5, 0.6) is 5.75 Å². The molecular weight excluding hydrogens is 480 g/mol. The van der Waals surface area contributed by atoms with Gasteiger partial charge in [0, 0.05) is 6.42 Å². The van der Waals surface area contributed by atoms with E-state index in [0.717, 1.165) is 36.0 Å². The number of hydrogen-bond acceptors (Lipinski definition) is 5. The van der Waals surface area contributed by atoms with Crippen molar-refractivity contribution in [3.05, 3.63) is 64.7 Å². The molecule has 2 unspecified atom stereocenters. The summed E-state index contributed by atoms with van der Waals surface area (Å²) in [6.45, 7) is 5.80. The van der Waals surface area contributed by atoms with Gasteiger partial charge in [0.1, 0.15) is 17.8 Å². The summed E-state index contributed by atoms with van der Waals surface area (Å²) in [5, 5.41) is 19.3. The van der Waals surface area contributed by atoms with E-state index in [1.165, 1.54) is 5.56 Å². The monoisotopic (exact) mass is 518 g/mol. The topological polar surface area (TPSA) is 111 Å². The number of nitrogens with one attached hydrogen (secondary N) is 3. The number of rotatable bonds is 5. The minimum Gasteiger partial charge on any atom is -0.508 e. The lowest BCUT2D eigenvalue weighted by atomic mass is 9.81. The first-order valence-electron chi connectivity index (χ1n) is 13.6. The fourth-order valence-electron chi connectivity index (χ4n) is 6.56. The molecule has 0 aromatic heterocycles. The highest BCUT2D eigenvalue weighted by Gasteiger charge is 2.55. The van der Waals surface area contributed by atoms with Gasteiger partial charge in [0.25, 0.3) is 0 Å². The van der Waals surface area contributed by atoms with E-state index in [-0.39, 0.29) is 42.0 Å². The lowest BCUT2D eigenvalue weighted by Gasteiger charge is -2.36. The molecule has 4 N–H and O–H groups in total. The minimum absolute atomic E-state index is 0.0967. The van der Waals surface area contributed by atoms with Gasteiger partial charge in [0.05, 0.1) is 18.1 Å². The molecule has 1 fully saturated rings. The van der Waals surface area contributed by atoms with Crippen molar-refractivity contribution in [2.24, 2.45) is 5.41 Å². The molecule has 5 atom stereocenters. The number of nitrogens with zero attached hydrogens (tertiary/aromatic N) is 1. The van der Waals surface area contributed by atoms with Gasteiger partial charge in [-0.25, -0.2) is 0 Å². The molecular formula is C30H38N4O4. The predicted molar refractivity (Wildman–Crippen MR) is 144 cm³/mol. The van der Waals surface area contributed by atoms with Gasteiger partial charge < -0.3 is 26.0 Å². The smallest absolute Gasteiger partial charge is 0.246 e. The Labute approximate surface area is 224 Å². The highest BCUT2D eigenvalue weighted by molar-refractivity contribution is 5.95. The fourth-order valence-corrected chi connectivity index (χ4v) is 6.56. The summed E-state index contributed by atoms with van der Waals surface area (Å²) < 4.78 is 0. The third kappa shape index (κ3) is 4.66. The molecule has 2 aromatic rings. The van der Waals surface area contributed by atoms with Gasteiger partial charge in [-0.3, -0.25) is 14.4 Å². The second kappa shape index (κ2) is 10.1. The van der Waals surface area contributed by atoms with Crippen molar-refractivity contribution in [3.63, 3.8) is 0 Å². The number of carbonyl (C=O) groups excluding carboxylic acids is 3. The number of amides is 3. The Hall–Kier alpha value is -3.39. The zero-order chi connectivity index (χ0) is 27.2. The van der Waals surface area contributed by atoms with Crippen molar-refractivity contribution >= 4 is 17.7 Å². The maximum Gasteiger partial charge on any atom is 0.246 e. The number of phenols is 1. The number of aryl methyl sites for hydroxylation is 1. The SMILES string of the molecule is CN[C@@H](C)C(=O)N[C@H]1Cc2cc(O)ccc2C2CC(C)(C)C(C(=O)N[C@@H]3CCCc4ccccc43)N2C1=O. The average molecular weight is 519 g/mol. The average Bonchev–Trinajstić information content (AvgIpc) is 3.13. The van der Waals surface area contributed by atoms with Gasteiger partial charge in [0.2, 0.25) is 17.7 Å². The summed E-state index contributed by atoms with van der Waals surface area (Å²) in [6.07, 6.45) is 3.71. The van der Waals surface area contributed by atoms with Gasteiger partial charge in [-0.05, 0) is 79.5 Å². The van der Waals surface area contributed by atoms with E-state index < -0.39 is 23.5 Å². The Bertz CT molecular complexity index is 1260. The Morgan fingerprint density at radius 1 is 1.05 bits per heavy atom. The van der Waals surface area contributed by atoms with E-state index in [1.54, 1.807) is 31.0 Å². The molecule has 2 heterocycles. The highest BCUT2D eigenvalue weighted by atomic mass is 16.3. The predicted octanol–water partition coefficient (Wildman–Crippen LogP) is 2.90. The first kappa shape index (κ1) is 26.2. The lowest BCUT2D eigenvalue weighted by Crippen LogP contribution is -2.57. The number of likely N-dealkylation sites (N-methyl/N-ethyl adjacent to an activating group) is 1. The molecule has 8 nitrogen and oxygen atoms in total. The van der Waals surface area contributed by atoms with Crippen LogP contribution in [0, 0.1) is 5.41 Å². The number of fused-ring (bicyclic) bond motifs is 4. The van der Waals surface area contributed by atoms with Crippen molar-refractivity contribution in [2.75, 3.05) is 7.05 Å². The van der Waals surface area contributed by atoms with Gasteiger partial charge >= 0.3 is 0 Å². The molecule has 0 saturated carbocycles. The van der Waals surface area contributed by atoms with Crippen LogP contribution in [0.2, 0.25) is 0 Å². The van der Waals surface area contributed by atoms with Crippen LogP contribution in [0.3, 0.4) is 0 Å². The van der Waals surface area contributed by atoms with Crippen molar-refractivity contribution in [2.45, 2.75) is 83.1 Å². The third-order valence-electron chi connectivity index (χ3n) is 8.61. The largest absolute Gasteiger partial charge is 0.508 e. The second-order valence-corrected chi connectivity index (χ2v) is 11.7. The summed E-state index contributed by atoms with van der Waals surface area (Å²) >= 11 is 0. The zero-order valence-electron chi connectivity index (χ0n) is 22.6. The molecule has 1 saturated heterocycles. The summed E-state index contributed by atoms with van der Waals surface area (Å²) in [5.41, 5.74) is 3.63. The Balaban J connectivity index is 1.51. The molecule has 38 heavy (non-hydrogen) atoms. The van der Waals surface area contributed by atoms with E-state index >= 15 is 0 Å². The lowest BCUT2D eigenvalue weighted by molar-refractivity contribution is -0.145. The fraction of sp³-hybridized carbons (Fsp3) is 0.500. The Morgan fingerprint density at radius 3 is 2.58 bits per heavy atom. The molecule has 2 aliphatic heterocycles. The summed E-state index contributed by atoms with van der Waals surface area (Å²) in [7, 11) is 1.69. The Kier molecular flexibility index (Phi) is 6.94. The summed E-state index contributed by atoms with van der Waals surface area (Å²) in [4.78, 5) is 42.8. The van der Waals surface area contributed by atoms with Gasteiger partial charge in [-0.2, -0.15) is 0 Å². The van der Waals surface area contributed by atoms with Crippen LogP contribution in [-0.2, 0) is 27.2 Å². The minimum atomic E-state index is -0.844. The second-order valence-electron chi connectivity index (χ2n) is 11.7. The van der Waals surface area contributed by atoms with E-state index in [9.17, 15) is 19.5 Å².